The summed E-state index contributed by atoms with van der Waals surface area (Å²) in [6, 6.07) is 14.8. The van der Waals surface area contributed by atoms with Gasteiger partial charge in [0, 0.05) is 37.6 Å². The molecule has 6 heteroatoms. The molecule has 6 nitrogen and oxygen atoms in total. The molecule has 0 bridgehead atoms. The second-order valence-electron chi connectivity index (χ2n) is 6.13. The van der Waals surface area contributed by atoms with Crippen LogP contribution in [0.5, 0.6) is 5.75 Å². The first kappa shape index (κ1) is 15.3. The summed E-state index contributed by atoms with van der Waals surface area (Å²) in [6.07, 6.45) is 1.67. The topological polar surface area (TPSA) is 70.4 Å². The molecule has 2 heterocycles. The Balaban J connectivity index is 1.54. The van der Waals surface area contributed by atoms with Gasteiger partial charge in [0.1, 0.15) is 5.75 Å². The van der Waals surface area contributed by atoms with Crippen molar-refractivity contribution in [3.8, 4) is 17.0 Å². The monoisotopic (exact) mass is 334 g/mol. The highest BCUT2D eigenvalue weighted by Crippen LogP contribution is 2.31. The Morgan fingerprint density at radius 3 is 2.48 bits per heavy atom. The summed E-state index contributed by atoms with van der Waals surface area (Å²) in [5.41, 5.74) is 4.40. The first-order valence-electron chi connectivity index (χ1n) is 8.06. The fourth-order valence-corrected chi connectivity index (χ4v) is 3.14. The van der Waals surface area contributed by atoms with Crippen molar-refractivity contribution in [1.29, 1.82) is 0 Å². The molecule has 0 aliphatic carbocycles. The molecule has 0 atom stereocenters. The predicted octanol–water partition coefficient (Wildman–Crippen LogP) is 3.34. The number of aryl methyl sites for hydroxylation is 1. The Morgan fingerprint density at radius 1 is 1.12 bits per heavy atom. The summed E-state index contributed by atoms with van der Waals surface area (Å²) >= 11 is 0. The van der Waals surface area contributed by atoms with Crippen molar-refractivity contribution in [1.82, 2.24) is 14.7 Å². The molecule has 126 valence electrons. The van der Waals surface area contributed by atoms with Gasteiger partial charge in [-0.05, 0) is 35.4 Å². The van der Waals surface area contributed by atoms with E-state index in [9.17, 15) is 9.90 Å². The third-order valence-corrected chi connectivity index (χ3v) is 4.47. The Bertz CT molecular complexity index is 923. The lowest BCUT2D eigenvalue weighted by Crippen LogP contribution is -2.30. The molecule has 3 aromatic rings. The predicted molar refractivity (Wildman–Crippen MR) is 95.0 cm³/mol. The highest BCUT2D eigenvalue weighted by molar-refractivity contribution is 5.91. The molecule has 4 rings (SSSR count). The van der Waals surface area contributed by atoms with E-state index >= 15 is 0 Å². The van der Waals surface area contributed by atoms with Gasteiger partial charge < -0.3 is 15.3 Å². The van der Waals surface area contributed by atoms with E-state index in [2.05, 4.69) is 10.4 Å². The van der Waals surface area contributed by atoms with Crippen LogP contribution >= 0.6 is 0 Å². The maximum Gasteiger partial charge on any atom is 0.322 e. The van der Waals surface area contributed by atoms with Gasteiger partial charge in [-0.2, -0.15) is 5.10 Å². The summed E-state index contributed by atoms with van der Waals surface area (Å²) in [6.45, 7) is 1.21. The van der Waals surface area contributed by atoms with Crippen molar-refractivity contribution < 1.29 is 9.90 Å². The summed E-state index contributed by atoms with van der Waals surface area (Å²) in [5.74, 6) is 0.148. The molecular weight excluding hydrogens is 316 g/mol. The number of anilines is 1. The van der Waals surface area contributed by atoms with Crippen molar-refractivity contribution in [2.45, 2.75) is 13.1 Å². The van der Waals surface area contributed by atoms with Crippen LogP contribution in [0.4, 0.5) is 10.5 Å². The number of rotatable bonds is 2. The fraction of sp³-hybridized carbons (Fsp3) is 0.158. The molecule has 1 aromatic heterocycles. The van der Waals surface area contributed by atoms with E-state index in [0.29, 0.717) is 24.3 Å². The normalized spacial score (nSPS) is 12.9. The summed E-state index contributed by atoms with van der Waals surface area (Å²) < 4.78 is 1.68. The minimum atomic E-state index is -0.155. The first-order valence-corrected chi connectivity index (χ1v) is 8.06. The number of carbonyl (C=O) groups is 1. The highest BCUT2D eigenvalue weighted by atomic mass is 16.3. The average Bonchev–Trinajstić information content (AvgIpc) is 3.22. The second-order valence-corrected chi connectivity index (χ2v) is 6.13. The van der Waals surface area contributed by atoms with Crippen LogP contribution in [0.3, 0.4) is 0 Å². The largest absolute Gasteiger partial charge is 0.507 e. The first-order chi connectivity index (χ1) is 12.1. The van der Waals surface area contributed by atoms with Crippen LogP contribution in [-0.2, 0) is 20.1 Å². The zero-order valence-corrected chi connectivity index (χ0v) is 13.8. The van der Waals surface area contributed by atoms with Crippen LogP contribution in [0, 0.1) is 0 Å². The quantitative estimate of drug-likeness (QED) is 0.706. The molecule has 0 saturated carbocycles. The van der Waals surface area contributed by atoms with E-state index in [1.54, 1.807) is 34.0 Å². The van der Waals surface area contributed by atoms with Crippen molar-refractivity contribution in [2.24, 2.45) is 7.05 Å². The van der Waals surface area contributed by atoms with Gasteiger partial charge in [0.25, 0.3) is 0 Å². The van der Waals surface area contributed by atoms with E-state index in [1.807, 2.05) is 37.4 Å². The maximum absolute atomic E-state index is 12.6. The zero-order valence-electron chi connectivity index (χ0n) is 13.8. The van der Waals surface area contributed by atoms with Gasteiger partial charge in [0.15, 0.2) is 0 Å². The Labute approximate surface area is 145 Å². The number of nitrogens with zero attached hydrogens (tertiary/aromatic N) is 3. The van der Waals surface area contributed by atoms with E-state index in [-0.39, 0.29) is 11.8 Å². The number of phenolic OH excluding ortho intramolecular Hbond substituents is 1. The van der Waals surface area contributed by atoms with Gasteiger partial charge in [0.2, 0.25) is 0 Å². The van der Waals surface area contributed by atoms with Crippen molar-refractivity contribution in [3.63, 3.8) is 0 Å². The Kier molecular flexibility index (Phi) is 3.65. The third kappa shape index (κ3) is 2.82. The lowest BCUT2D eigenvalue weighted by molar-refractivity contribution is 0.212. The van der Waals surface area contributed by atoms with Crippen LogP contribution in [0.1, 0.15) is 11.1 Å². The van der Waals surface area contributed by atoms with Crippen LogP contribution in [-0.4, -0.2) is 25.8 Å². The molecule has 0 fully saturated rings. The van der Waals surface area contributed by atoms with Crippen LogP contribution < -0.4 is 5.32 Å². The van der Waals surface area contributed by atoms with Crippen LogP contribution in [0.25, 0.3) is 11.3 Å². The number of aromatic hydroxyl groups is 1. The number of nitrogens with one attached hydrogen (secondary N) is 1. The van der Waals surface area contributed by atoms with Gasteiger partial charge in [-0.15, -0.1) is 0 Å². The standard InChI is InChI=1S/C19H18N4O2/c1-22-17(8-9-20-22)16-10-15(6-7-18(16)24)21-19(25)23-11-13-4-2-3-5-14(13)12-23/h2-10,24H,11-12H2,1H3,(H,21,25). The van der Waals surface area contributed by atoms with Crippen LogP contribution in [0.15, 0.2) is 54.7 Å². The molecule has 2 amide bonds. The number of urea groups is 1. The van der Waals surface area contributed by atoms with Crippen molar-refractivity contribution >= 4 is 11.7 Å². The summed E-state index contributed by atoms with van der Waals surface area (Å²) in [7, 11) is 1.81. The Morgan fingerprint density at radius 2 is 1.84 bits per heavy atom. The SMILES string of the molecule is Cn1nccc1-c1cc(NC(=O)N2Cc3ccccc3C2)ccc1O. The van der Waals surface area contributed by atoms with Gasteiger partial charge in [-0.1, -0.05) is 24.3 Å². The van der Waals surface area contributed by atoms with E-state index in [1.165, 1.54) is 11.1 Å². The summed E-state index contributed by atoms with van der Waals surface area (Å²) in [4.78, 5) is 14.3. The average molecular weight is 334 g/mol. The van der Waals surface area contributed by atoms with Crippen molar-refractivity contribution in [2.75, 3.05) is 5.32 Å². The fourth-order valence-electron chi connectivity index (χ4n) is 3.14. The third-order valence-electron chi connectivity index (χ3n) is 4.47. The molecular formula is C19H18N4O2. The number of amides is 2. The number of phenols is 1. The number of carbonyl (C=O) groups excluding carboxylic acids is 1. The van der Waals surface area contributed by atoms with Gasteiger partial charge >= 0.3 is 6.03 Å². The number of hydrogen-bond donors (Lipinski definition) is 2. The molecule has 25 heavy (non-hydrogen) atoms. The molecule has 1 aliphatic rings. The lowest BCUT2D eigenvalue weighted by atomic mass is 10.1. The van der Waals surface area contributed by atoms with Gasteiger partial charge in [-0.25, -0.2) is 4.79 Å². The van der Waals surface area contributed by atoms with E-state index in [4.69, 9.17) is 0 Å². The zero-order chi connectivity index (χ0) is 17.4. The maximum atomic E-state index is 12.6. The van der Waals surface area contributed by atoms with Crippen LogP contribution in [0.2, 0.25) is 0 Å². The molecule has 0 spiro atoms. The number of benzene rings is 2. The minimum Gasteiger partial charge on any atom is -0.507 e. The van der Waals surface area contributed by atoms with Crippen molar-refractivity contribution in [3.05, 3.63) is 65.9 Å². The summed E-state index contributed by atoms with van der Waals surface area (Å²) in [5, 5.41) is 17.2. The number of fused-ring (bicyclic) bond motifs is 1. The smallest absolute Gasteiger partial charge is 0.322 e. The minimum absolute atomic E-state index is 0.148. The van der Waals surface area contributed by atoms with E-state index in [0.717, 1.165) is 5.69 Å². The lowest BCUT2D eigenvalue weighted by Gasteiger charge is -2.17. The highest BCUT2D eigenvalue weighted by Gasteiger charge is 2.23. The number of hydrogen-bond acceptors (Lipinski definition) is 3. The Hall–Kier alpha value is -3.28. The molecule has 2 aromatic carbocycles. The van der Waals surface area contributed by atoms with E-state index < -0.39 is 0 Å². The second kappa shape index (κ2) is 5.98. The molecule has 1 aliphatic heterocycles. The molecule has 0 radical (unpaired) electrons. The molecule has 0 unspecified atom stereocenters. The molecule has 2 N–H and O–H groups in total. The van der Waals surface area contributed by atoms with Gasteiger partial charge in [0.05, 0.1) is 5.69 Å². The van der Waals surface area contributed by atoms with Gasteiger partial charge in [-0.3, -0.25) is 4.68 Å². The molecule has 0 saturated heterocycles. The number of aromatic nitrogens is 2.